The Bertz CT molecular complexity index is 789. The Labute approximate surface area is 159 Å². The summed E-state index contributed by atoms with van der Waals surface area (Å²) in [4.78, 5) is 28.5. The number of amides is 2. The molecule has 7 nitrogen and oxygen atoms in total. The first-order chi connectivity index (χ1) is 12.9. The van der Waals surface area contributed by atoms with E-state index in [-0.39, 0.29) is 17.9 Å². The van der Waals surface area contributed by atoms with E-state index >= 15 is 0 Å². The molecule has 2 heterocycles. The molecule has 144 valence electrons. The van der Waals surface area contributed by atoms with Gasteiger partial charge in [0.15, 0.2) is 0 Å². The van der Waals surface area contributed by atoms with E-state index in [1.54, 1.807) is 6.07 Å². The van der Waals surface area contributed by atoms with E-state index in [2.05, 4.69) is 20.4 Å². The highest BCUT2D eigenvalue weighted by molar-refractivity contribution is 5.93. The minimum Gasteiger partial charge on any atom is -0.353 e. The second kappa shape index (κ2) is 8.35. The molecular formula is C20H27N5O2. The summed E-state index contributed by atoms with van der Waals surface area (Å²) in [5.74, 6) is -0.0202. The lowest BCUT2D eigenvalue weighted by molar-refractivity contribution is -0.123. The van der Waals surface area contributed by atoms with Gasteiger partial charge >= 0.3 is 0 Å². The Morgan fingerprint density at radius 3 is 2.44 bits per heavy atom. The first-order valence-corrected chi connectivity index (χ1v) is 9.36. The largest absolute Gasteiger partial charge is 0.353 e. The van der Waals surface area contributed by atoms with Crippen LogP contribution >= 0.6 is 0 Å². The van der Waals surface area contributed by atoms with Crippen LogP contribution in [0.3, 0.4) is 0 Å². The fourth-order valence-corrected chi connectivity index (χ4v) is 3.15. The number of hydrogen-bond donors (Lipinski definition) is 2. The van der Waals surface area contributed by atoms with Crippen molar-refractivity contribution >= 4 is 11.8 Å². The van der Waals surface area contributed by atoms with Crippen molar-refractivity contribution in [1.29, 1.82) is 0 Å². The highest BCUT2D eigenvalue weighted by Crippen LogP contribution is 2.19. The number of nitrogens with one attached hydrogen (secondary N) is 2. The number of aromatic nitrogens is 2. The molecule has 1 aliphatic rings. The zero-order valence-corrected chi connectivity index (χ0v) is 16.2. The van der Waals surface area contributed by atoms with Gasteiger partial charge in [-0.15, -0.1) is 0 Å². The van der Waals surface area contributed by atoms with Gasteiger partial charge in [0.25, 0.3) is 5.91 Å². The summed E-state index contributed by atoms with van der Waals surface area (Å²) in [6, 6.07) is 10.0. The van der Waals surface area contributed by atoms with E-state index in [4.69, 9.17) is 0 Å². The first-order valence-electron chi connectivity index (χ1n) is 9.36. The summed E-state index contributed by atoms with van der Waals surface area (Å²) in [7, 11) is 0. The second-order valence-electron chi connectivity index (χ2n) is 7.32. The molecular weight excluding hydrogens is 342 g/mol. The van der Waals surface area contributed by atoms with E-state index in [1.165, 1.54) is 5.56 Å². The Kier molecular flexibility index (Phi) is 5.91. The number of aromatic amines is 1. The minimum absolute atomic E-state index is 0.0288. The average molecular weight is 369 g/mol. The Balaban J connectivity index is 1.55. The van der Waals surface area contributed by atoms with Gasteiger partial charge < -0.3 is 10.2 Å². The van der Waals surface area contributed by atoms with E-state index in [9.17, 15) is 9.59 Å². The molecule has 0 atom stereocenters. The molecule has 2 amide bonds. The van der Waals surface area contributed by atoms with Crippen molar-refractivity contribution in [2.75, 3.05) is 32.7 Å². The van der Waals surface area contributed by atoms with Crippen LogP contribution in [0.15, 0.2) is 30.3 Å². The fraction of sp³-hybridized carbons (Fsp3) is 0.450. The summed E-state index contributed by atoms with van der Waals surface area (Å²) in [5.41, 5.74) is 3.43. The van der Waals surface area contributed by atoms with Crippen molar-refractivity contribution in [2.45, 2.75) is 26.8 Å². The molecule has 0 saturated carbocycles. The lowest BCUT2D eigenvalue weighted by Crippen LogP contribution is -2.51. The molecule has 2 N–H and O–H groups in total. The number of carbonyl (C=O) groups excluding carboxylic acids is 2. The van der Waals surface area contributed by atoms with Crippen LogP contribution in [0, 0.1) is 6.92 Å². The van der Waals surface area contributed by atoms with Gasteiger partial charge in [-0.25, -0.2) is 0 Å². The lowest BCUT2D eigenvalue weighted by atomic mass is 10.1. The van der Waals surface area contributed by atoms with Crippen LogP contribution in [-0.4, -0.2) is 70.6 Å². The normalized spacial score (nSPS) is 15.2. The van der Waals surface area contributed by atoms with Crippen molar-refractivity contribution < 1.29 is 9.59 Å². The number of aryl methyl sites for hydroxylation is 1. The van der Waals surface area contributed by atoms with Crippen LogP contribution in [0.2, 0.25) is 0 Å². The predicted molar refractivity (Wildman–Crippen MR) is 104 cm³/mol. The van der Waals surface area contributed by atoms with Gasteiger partial charge in [0.2, 0.25) is 5.91 Å². The van der Waals surface area contributed by atoms with Crippen LogP contribution in [0.5, 0.6) is 0 Å². The maximum Gasteiger partial charge on any atom is 0.271 e. The second-order valence-corrected chi connectivity index (χ2v) is 7.32. The Morgan fingerprint density at radius 2 is 1.81 bits per heavy atom. The van der Waals surface area contributed by atoms with Gasteiger partial charge in [0.1, 0.15) is 5.69 Å². The molecule has 3 rings (SSSR count). The molecule has 1 aromatic carbocycles. The standard InChI is InChI=1S/C20H27N5O2/c1-14(2)21-19(26)13-24-8-10-25(11-9-24)20(27)18-12-17(22-23-18)16-6-4-15(3)5-7-16/h4-7,12,14H,8-11,13H2,1-3H3,(H,21,26)(H,22,23). The summed E-state index contributed by atoms with van der Waals surface area (Å²) >= 11 is 0. The molecule has 0 bridgehead atoms. The monoisotopic (exact) mass is 369 g/mol. The van der Waals surface area contributed by atoms with Gasteiger partial charge in [0.05, 0.1) is 12.2 Å². The third-order valence-corrected chi connectivity index (χ3v) is 4.63. The van der Waals surface area contributed by atoms with E-state index in [1.807, 2.05) is 49.9 Å². The first kappa shape index (κ1) is 19.1. The predicted octanol–water partition coefficient (Wildman–Crippen LogP) is 1.67. The third-order valence-electron chi connectivity index (χ3n) is 4.63. The van der Waals surface area contributed by atoms with E-state index < -0.39 is 0 Å². The maximum atomic E-state index is 12.7. The van der Waals surface area contributed by atoms with Gasteiger partial charge in [-0.2, -0.15) is 5.10 Å². The van der Waals surface area contributed by atoms with E-state index in [0.717, 1.165) is 11.3 Å². The Morgan fingerprint density at radius 1 is 1.15 bits per heavy atom. The number of rotatable bonds is 5. The Hall–Kier alpha value is -2.67. The zero-order chi connectivity index (χ0) is 19.4. The molecule has 2 aromatic rings. The summed E-state index contributed by atoms with van der Waals surface area (Å²) in [5, 5.41) is 10.0. The third kappa shape index (κ3) is 4.95. The molecule has 0 aliphatic carbocycles. The van der Waals surface area contributed by atoms with Gasteiger partial charge in [0, 0.05) is 37.8 Å². The minimum atomic E-state index is -0.0489. The molecule has 1 aromatic heterocycles. The molecule has 1 aliphatic heterocycles. The number of H-pyrrole nitrogens is 1. The number of carbonyl (C=O) groups is 2. The molecule has 0 radical (unpaired) electrons. The van der Waals surface area contributed by atoms with Crippen LogP contribution in [-0.2, 0) is 4.79 Å². The van der Waals surface area contributed by atoms with E-state index in [0.29, 0.717) is 38.4 Å². The van der Waals surface area contributed by atoms with Crippen LogP contribution < -0.4 is 5.32 Å². The average Bonchev–Trinajstić information content (AvgIpc) is 3.12. The molecule has 7 heteroatoms. The number of nitrogens with zero attached hydrogens (tertiary/aromatic N) is 3. The van der Waals surface area contributed by atoms with Crippen molar-refractivity contribution in [3.63, 3.8) is 0 Å². The van der Waals surface area contributed by atoms with Crippen LogP contribution in [0.1, 0.15) is 29.9 Å². The summed E-state index contributed by atoms with van der Waals surface area (Å²) in [6.45, 7) is 8.90. The van der Waals surface area contributed by atoms with Crippen molar-refractivity contribution in [3.8, 4) is 11.3 Å². The summed E-state index contributed by atoms with van der Waals surface area (Å²) < 4.78 is 0. The van der Waals surface area contributed by atoms with Gasteiger partial charge in [-0.05, 0) is 26.8 Å². The van der Waals surface area contributed by atoms with Crippen molar-refractivity contribution in [1.82, 2.24) is 25.3 Å². The molecule has 1 fully saturated rings. The molecule has 0 spiro atoms. The maximum absolute atomic E-state index is 12.7. The molecule has 27 heavy (non-hydrogen) atoms. The highest BCUT2D eigenvalue weighted by atomic mass is 16.2. The molecule has 0 unspecified atom stereocenters. The van der Waals surface area contributed by atoms with Crippen LogP contribution in [0.4, 0.5) is 0 Å². The molecule has 1 saturated heterocycles. The van der Waals surface area contributed by atoms with Gasteiger partial charge in [-0.3, -0.25) is 19.6 Å². The zero-order valence-electron chi connectivity index (χ0n) is 16.2. The highest BCUT2D eigenvalue weighted by Gasteiger charge is 2.24. The topological polar surface area (TPSA) is 81.3 Å². The van der Waals surface area contributed by atoms with Crippen molar-refractivity contribution in [2.24, 2.45) is 0 Å². The quantitative estimate of drug-likeness (QED) is 0.840. The smallest absolute Gasteiger partial charge is 0.271 e. The van der Waals surface area contributed by atoms with Crippen molar-refractivity contribution in [3.05, 3.63) is 41.6 Å². The fourth-order valence-electron chi connectivity index (χ4n) is 3.15. The number of hydrogen-bond acceptors (Lipinski definition) is 4. The SMILES string of the molecule is Cc1ccc(-c2cc(C(=O)N3CCN(CC(=O)NC(C)C)CC3)[nH]n2)cc1. The number of piperazine rings is 1. The van der Waals surface area contributed by atoms with Gasteiger partial charge in [-0.1, -0.05) is 29.8 Å². The summed E-state index contributed by atoms with van der Waals surface area (Å²) in [6.07, 6.45) is 0. The lowest BCUT2D eigenvalue weighted by Gasteiger charge is -2.34. The number of benzene rings is 1. The van der Waals surface area contributed by atoms with Crippen LogP contribution in [0.25, 0.3) is 11.3 Å².